The van der Waals surface area contributed by atoms with Crippen LogP contribution in [0.2, 0.25) is 0 Å². The number of ether oxygens (including phenoxy) is 2. The Morgan fingerprint density at radius 2 is 1.44 bits per heavy atom. The van der Waals surface area contributed by atoms with Gasteiger partial charge in [-0.15, -0.1) is 0 Å². The third-order valence-corrected chi connectivity index (χ3v) is 3.37. The minimum absolute atomic E-state index is 0.241. The third kappa shape index (κ3) is 7.56. The minimum atomic E-state index is -0.294. The van der Waals surface area contributed by atoms with Gasteiger partial charge in [0, 0.05) is 6.54 Å². The van der Waals surface area contributed by atoms with Crippen molar-refractivity contribution in [3.63, 3.8) is 0 Å². The van der Waals surface area contributed by atoms with Crippen LogP contribution in [0.4, 0.5) is 9.18 Å². The Labute approximate surface area is 147 Å². The number of halogens is 1. The summed E-state index contributed by atoms with van der Waals surface area (Å²) in [6.07, 6.45) is 0.657. The Hall–Kier alpha value is -2.76. The second kappa shape index (κ2) is 10.2. The summed E-state index contributed by atoms with van der Waals surface area (Å²) in [6.45, 7) is 3.78. The average molecular weight is 346 g/mol. The lowest BCUT2D eigenvalue weighted by atomic mass is 10.2. The highest BCUT2D eigenvalue weighted by atomic mass is 19.1. The van der Waals surface area contributed by atoms with E-state index in [4.69, 9.17) is 9.47 Å². The summed E-state index contributed by atoms with van der Waals surface area (Å²) in [5, 5.41) is 5.46. The molecule has 0 saturated heterocycles. The number of amides is 2. The monoisotopic (exact) mass is 346 g/mol. The topological polar surface area (TPSA) is 59.6 Å². The standard InChI is InChI=1S/C19H23FN2O3/c1-15-3-7-17(8-4-15)25-14-12-22-19(23)21-11-2-13-24-18-9-5-16(20)6-10-18/h3-10H,2,11-14H2,1H3,(H2,21,22,23). The predicted molar refractivity (Wildman–Crippen MR) is 94.6 cm³/mol. The van der Waals surface area contributed by atoms with E-state index in [0.29, 0.717) is 38.5 Å². The number of hydrogen-bond acceptors (Lipinski definition) is 3. The number of carbonyl (C=O) groups is 1. The highest BCUT2D eigenvalue weighted by Crippen LogP contribution is 2.11. The van der Waals surface area contributed by atoms with Gasteiger partial charge in [-0.05, 0) is 49.7 Å². The zero-order valence-corrected chi connectivity index (χ0v) is 14.3. The highest BCUT2D eigenvalue weighted by Gasteiger charge is 2.00. The maximum absolute atomic E-state index is 12.7. The number of benzene rings is 2. The van der Waals surface area contributed by atoms with Gasteiger partial charge in [-0.25, -0.2) is 9.18 Å². The summed E-state index contributed by atoms with van der Waals surface area (Å²) in [7, 11) is 0. The van der Waals surface area contributed by atoms with Crippen molar-refractivity contribution < 1.29 is 18.7 Å². The van der Waals surface area contributed by atoms with Crippen molar-refractivity contribution in [1.29, 1.82) is 0 Å². The van der Waals surface area contributed by atoms with Crippen LogP contribution in [0.3, 0.4) is 0 Å². The van der Waals surface area contributed by atoms with Crippen molar-refractivity contribution in [1.82, 2.24) is 10.6 Å². The molecule has 6 heteroatoms. The van der Waals surface area contributed by atoms with E-state index in [1.807, 2.05) is 31.2 Å². The summed E-state index contributed by atoms with van der Waals surface area (Å²) >= 11 is 0. The van der Waals surface area contributed by atoms with Crippen LogP contribution < -0.4 is 20.1 Å². The van der Waals surface area contributed by atoms with Gasteiger partial charge in [-0.3, -0.25) is 0 Å². The summed E-state index contributed by atoms with van der Waals surface area (Å²) in [5.41, 5.74) is 1.17. The van der Waals surface area contributed by atoms with Crippen molar-refractivity contribution in [2.75, 3.05) is 26.3 Å². The van der Waals surface area contributed by atoms with Crippen LogP contribution in [0.25, 0.3) is 0 Å². The molecule has 134 valence electrons. The summed E-state index contributed by atoms with van der Waals surface area (Å²) in [5.74, 6) is 1.10. The Morgan fingerprint density at radius 1 is 0.880 bits per heavy atom. The van der Waals surface area contributed by atoms with E-state index in [1.54, 1.807) is 12.1 Å². The summed E-state index contributed by atoms with van der Waals surface area (Å²) in [6, 6.07) is 13.3. The molecular formula is C19H23FN2O3. The number of aryl methyl sites for hydroxylation is 1. The van der Waals surface area contributed by atoms with Gasteiger partial charge in [0.05, 0.1) is 13.2 Å². The van der Waals surface area contributed by atoms with Crippen molar-refractivity contribution in [3.05, 3.63) is 59.9 Å². The first-order chi connectivity index (χ1) is 12.1. The molecule has 0 bridgehead atoms. The van der Waals surface area contributed by atoms with Gasteiger partial charge in [-0.2, -0.15) is 0 Å². The van der Waals surface area contributed by atoms with E-state index in [2.05, 4.69) is 10.6 Å². The molecule has 0 spiro atoms. The molecule has 2 amide bonds. The van der Waals surface area contributed by atoms with Crippen LogP contribution in [0.15, 0.2) is 48.5 Å². The highest BCUT2D eigenvalue weighted by molar-refractivity contribution is 5.73. The van der Waals surface area contributed by atoms with Gasteiger partial charge < -0.3 is 20.1 Å². The van der Waals surface area contributed by atoms with E-state index in [1.165, 1.54) is 17.7 Å². The number of carbonyl (C=O) groups excluding carboxylic acids is 1. The zero-order valence-electron chi connectivity index (χ0n) is 14.3. The molecule has 0 unspecified atom stereocenters. The molecule has 2 N–H and O–H groups in total. The van der Waals surface area contributed by atoms with Crippen molar-refractivity contribution >= 4 is 6.03 Å². The second-order valence-corrected chi connectivity index (χ2v) is 5.50. The molecule has 0 aliphatic carbocycles. The molecule has 25 heavy (non-hydrogen) atoms. The van der Waals surface area contributed by atoms with Crippen molar-refractivity contribution in [2.24, 2.45) is 0 Å². The normalized spacial score (nSPS) is 10.2. The van der Waals surface area contributed by atoms with Crippen LogP contribution in [0.5, 0.6) is 11.5 Å². The SMILES string of the molecule is Cc1ccc(OCCNC(=O)NCCCOc2ccc(F)cc2)cc1. The van der Waals surface area contributed by atoms with Gasteiger partial charge in [0.2, 0.25) is 0 Å². The smallest absolute Gasteiger partial charge is 0.314 e. The molecule has 2 aromatic rings. The maximum atomic E-state index is 12.7. The molecule has 0 fully saturated rings. The number of rotatable bonds is 9. The van der Waals surface area contributed by atoms with Crippen LogP contribution in [0, 0.1) is 12.7 Å². The molecule has 2 aromatic carbocycles. The average Bonchev–Trinajstić information content (AvgIpc) is 2.61. The lowest BCUT2D eigenvalue weighted by Gasteiger charge is -2.10. The number of nitrogens with one attached hydrogen (secondary N) is 2. The van der Waals surface area contributed by atoms with Crippen molar-refractivity contribution in [3.8, 4) is 11.5 Å². The van der Waals surface area contributed by atoms with Gasteiger partial charge >= 0.3 is 6.03 Å². The maximum Gasteiger partial charge on any atom is 0.314 e. The van der Waals surface area contributed by atoms with Crippen molar-refractivity contribution in [2.45, 2.75) is 13.3 Å². The minimum Gasteiger partial charge on any atom is -0.494 e. The van der Waals surface area contributed by atoms with Crippen LogP contribution in [0.1, 0.15) is 12.0 Å². The molecule has 0 aliphatic rings. The zero-order chi connectivity index (χ0) is 17.9. The summed E-state index contributed by atoms with van der Waals surface area (Å²) < 4.78 is 23.7. The third-order valence-electron chi connectivity index (χ3n) is 3.37. The van der Waals surface area contributed by atoms with E-state index < -0.39 is 0 Å². The first kappa shape index (κ1) is 18.6. The van der Waals surface area contributed by atoms with Gasteiger partial charge in [0.25, 0.3) is 0 Å². The molecule has 2 rings (SSSR count). The van der Waals surface area contributed by atoms with Crippen LogP contribution in [-0.2, 0) is 0 Å². The molecule has 5 nitrogen and oxygen atoms in total. The molecule has 0 heterocycles. The molecular weight excluding hydrogens is 323 g/mol. The van der Waals surface area contributed by atoms with Gasteiger partial charge in [-0.1, -0.05) is 17.7 Å². The number of hydrogen-bond donors (Lipinski definition) is 2. The molecule has 0 atom stereocenters. The lowest BCUT2D eigenvalue weighted by Crippen LogP contribution is -2.38. The van der Waals surface area contributed by atoms with E-state index in [9.17, 15) is 9.18 Å². The fourth-order valence-corrected chi connectivity index (χ4v) is 2.03. The second-order valence-electron chi connectivity index (χ2n) is 5.50. The van der Waals surface area contributed by atoms with E-state index in [-0.39, 0.29) is 11.8 Å². The molecule has 0 aromatic heterocycles. The fraction of sp³-hybridized carbons (Fsp3) is 0.316. The van der Waals surface area contributed by atoms with Gasteiger partial charge in [0.15, 0.2) is 0 Å². The Bertz CT molecular complexity index is 645. The van der Waals surface area contributed by atoms with Crippen LogP contribution in [-0.4, -0.2) is 32.3 Å². The fourth-order valence-electron chi connectivity index (χ4n) is 2.03. The van der Waals surface area contributed by atoms with Gasteiger partial charge in [0.1, 0.15) is 23.9 Å². The molecule has 0 aliphatic heterocycles. The number of urea groups is 1. The Balaban J connectivity index is 1.48. The van der Waals surface area contributed by atoms with E-state index >= 15 is 0 Å². The molecule has 0 radical (unpaired) electrons. The van der Waals surface area contributed by atoms with Crippen LogP contribution >= 0.6 is 0 Å². The predicted octanol–water partition coefficient (Wildman–Crippen LogP) is 3.28. The first-order valence-corrected chi connectivity index (χ1v) is 8.23. The first-order valence-electron chi connectivity index (χ1n) is 8.23. The largest absolute Gasteiger partial charge is 0.494 e. The van der Waals surface area contributed by atoms with E-state index in [0.717, 1.165) is 5.75 Å². The lowest BCUT2D eigenvalue weighted by molar-refractivity contribution is 0.235. The quantitative estimate of drug-likeness (QED) is 0.685. The molecule has 0 saturated carbocycles. The Morgan fingerprint density at radius 3 is 2.12 bits per heavy atom. The summed E-state index contributed by atoms with van der Waals surface area (Å²) in [4.78, 5) is 11.6. The Kier molecular flexibility index (Phi) is 7.56.